The van der Waals surface area contributed by atoms with Gasteiger partial charge in [0.25, 0.3) is 0 Å². The van der Waals surface area contributed by atoms with E-state index in [1.54, 1.807) is 12.1 Å². The highest BCUT2D eigenvalue weighted by Crippen LogP contribution is 2.29. The van der Waals surface area contributed by atoms with E-state index in [1.807, 2.05) is 59.7 Å². The number of carbonyl (C=O) groups is 2. The fraction of sp³-hybridized carbons (Fsp3) is 0.440. The molecule has 5 heteroatoms. The zero-order valence-electron chi connectivity index (χ0n) is 18.6. The van der Waals surface area contributed by atoms with Crippen LogP contribution in [0.25, 0.3) is 0 Å². The maximum atomic E-state index is 14.7. The van der Waals surface area contributed by atoms with Crippen LogP contribution in [0.3, 0.4) is 0 Å². The Labute approximate surface area is 185 Å². The molecule has 1 aliphatic rings. The summed E-state index contributed by atoms with van der Waals surface area (Å²) in [6.07, 6.45) is 0. The van der Waals surface area contributed by atoms with Crippen LogP contribution >= 0.6 is 12.4 Å². The fourth-order valence-electron chi connectivity index (χ4n) is 3.64. The van der Waals surface area contributed by atoms with E-state index in [0.717, 1.165) is 17.7 Å². The molecule has 0 fully saturated rings. The Balaban J connectivity index is 0.00000320. The summed E-state index contributed by atoms with van der Waals surface area (Å²) in [5, 5.41) is 0. The molecule has 2 aromatic rings. The second-order valence-electron chi connectivity index (χ2n) is 10.1. The van der Waals surface area contributed by atoms with Gasteiger partial charge in [-0.2, -0.15) is 0 Å². The molecule has 1 aliphatic heterocycles. The Hall–Kier alpha value is -2.04. The molecule has 30 heavy (non-hydrogen) atoms. The predicted molar refractivity (Wildman–Crippen MR) is 121 cm³/mol. The molecule has 0 atom stereocenters. The van der Waals surface area contributed by atoms with E-state index >= 15 is 0 Å². The summed E-state index contributed by atoms with van der Waals surface area (Å²) in [5.41, 5.74) is 3.07. The van der Waals surface area contributed by atoms with Gasteiger partial charge < -0.3 is 0 Å². The van der Waals surface area contributed by atoms with Gasteiger partial charge in [-0.15, -0.1) is 12.4 Å². The number of rotatable bonds is 4. The van der Waals surface area contributed by atoms with Crippen LogP contribution < -0.4 is 0 Å². The minimum Gasteiger partial charge on any atom is -0.294 e. The molecule has 3 rings (SSSR count). The Morgan fingerprint density at radius 2 is 1.33 bits per heavy atom. The molecule has 0 saturated carbocycles. The van der Waals surface area contributed by atoms with Crippen molar-refractivity contribution in [3.8, 4) is 0 Å². The first kappa shape index (κ1) is 24.2. The normalized spacial score (nSPS) is 14.2. The van der Waals surface area contributed by atoms with Crippen molar-refractivity contribution in [3.63, 3.8) is 0 Å². The molecule has 0 amide bonds. The molecule has 1 heterocycles. The van der Waals surface area contributed by atoms with Gasteiger partial charge in [0.15, 0.2) is 11.6 Å². The number of halogens is 2. The van der Waals surface area contributed by atoms with Crippen LogP contribution in [0.1, 0.15) is 78.9 Å². The summed E-state index contributed by atoms with van der Waals surface area (Å²) in [7, 11) is 0. The van der Waals surface area contributed by atoms with Crippen molar-refractivity contribution in [2.24, 2.45) is 10.8 Å². The number of benzene rings is 2. The van der Waals surface area contributed by atoms with Crippen LogP contribution in [0.15, 0.2) is 36.4 Å². The SMILES string of the molecule is CC(C)(C)C(=O)c1ccc(CN2Cc3ccc(C(=O)C(C)(C)C)cc3C2)c(F)c1.Cl. The summed E-state index contributed by atoms with van der Waals surface area (Å²) >= 11 is 0. The average Bonchev–Trinajstić information content (AvgIpc) is 3.02. The lowest BCUT2D eigenvalue weighted by molar-refractivity contribution is 0.0852. The number of hydrogen-bond acceptors (Lipinski definition) is 3. The zero-order chi connectivity index (χ0) is 21.6. The van der Waals surface area contributed by atoms with Gasteiger partial charge in [0, 0.05) is 47.2 Å². The van der Waals surface area contributed by atoms with E-state index in [1.165, 1.54) is 11.6 Å². The van der Waals surface area contributed by atoms with Gasteiger partial charge in [0.05, 0.1) is 0 Å². The molecule has 0 bridgehead atoms. The van der Waals surface area contributed by atoms with Crippen LogP contribution in [0, 0.1) is 16.6 Å². The lowest BCUT2D eigenvalue weighted by Gasteiger charge is -2.18. The molecule has 0 aliphatic carbocycles. The highest BCUT2D eigenvalue weighted by atomic mass is 35.5. The molecule has 0 spiro atoms. The first-order chi connectivity index (χ1) is 13.4. The van der Waals surface area contributed by atoms with Gasteiger partial charge in [0.2, 0.25) is 0 Å². The van der Waals surface area contributed by atoms with Gasteiger partial charge in [-0.05, 0) is 23.3 Å². The van der Waals surface area contributed by atoms with Crippen molar-refractivity contribution in [2.75, 3.05) is 0 Å². The Morgan fingerprint density at radius 3 is 1.87 bits per heavy atom. The zero-order valence-corrected chi connectivity index (χ0v) is 19.5. The number of hydrogen-bond donors (Lipinski definition) is 0. The minimum absolute atomic E-state index is 0. The van der Waals surface area contributed by atoms with Crippen LogP contribution in [0.5, 0.6) is 0 Å². The van der Waals surface area contributed by atoms with Crippen molar-refractivity contribution in [1.29, 1.82) is 0 Å². The highest BCUT2D eigenvalue weighted by Gasteiger charge is 2.27. The molecule has 2 aromatic carbocycles. The van der Waals surface area contributed by atoms with Gasteiger partial charge in [-0.3, -0.25) is 14.5 Å². The third kappa shape index (κ3) is 5.16. The van der Waals surface area contributed by atoms with E-state index < -0.39 is 10.8 Å². The molecule has 0 radical (unpaired) electrons. The monoisotopic (exact) mass is 431 g/mol. The quantitative estimate of drug-likeness (QED) is 0.539. The summed E-state index contributed by atoms with van der Waals surface area (Å²) in [6, 6.07) is 10.7. The van der Waals surface area contributed by atoms with Gasteiger partial charge in [-0.25, -0.2) is 4.39 Å². The number of ketones is 2. The topological polar surface area (TPSA) is 37.4 Å². The third-order valence-electron chi connectivity index (χ3n) is 5.33. The smallest absolute Gasteiger partial charge is 0.168 e. The summed E-state index contributed by atoms with van der Waals surface area (Å²) in [5.74, 6) is -0.281. The van der Waals surface area contributed by atoms with Crippen LogP contribution in [-0.2, 0) is 19.6 Å². The minimum atomic E-state index is -0.535. The Morgan fingerprint density at radius 1 is 0.833 bits per heavy atom. The van der Waals surface area contributed by atoms with Crippen molar-refractivity contribution in [3.05, 3.63) is 70.0 Å². The molecule has 0 unspecified atom stereocenters. The van der Waals surface area contributed by atoms with Gasteiger partial charge >= 0.3 is 0 Å². The van der Waals surface area contributed by atoms with Crippen molar-refractivity contribution in [2.45, 2.75) is 61.2 Å². The number of fused-ring (bicyclic) bond motifs is 1. The first-order valence-electron chi connectivity index (χ1n) is 10.1. The lowest BCUT2D eigenvalue weighted by Crippen LogP contribution is -2.21. The first-order valence-corrected chi connectivity index (χ1v) is 10.1. The molecule has 3 nitrogen and oxygen atoms in total. The maximum Gasteiger partial charge on any atom is 0.168 e. The second-order valence-corrected chi connectivity index (χ2v) is 10.1. The summed E-state index contributed by atoms with van der Waals surface area (Å²) in [6.45, 7) is 13.1. The Kier molecular flexibility index (Phi) is 6.95. The van der Waals surface area contributed by atoms with E-state index in [-0.39, 0.29) is 29.8 Å². The van der Waals surface area contributed by atoms with Crippen molar-refractivity contribution < 1.29 is 14.0 Å². The van der Waals surface area contributed by atoms with Gasteiger partial charge in [0.1, 0.15) is 5.82 Å². The molecular formula is C25H31ClFNO2. The molecular weight excluding hydrogens is 401 g/mol. The molecule has 162 valence electrons. The van der Waals surface area contributed by atoms with Crippen LogP contribution in [0.2, 0.25) is 0 Å². The van der Waals surface area contributed by atoms with Crippen LogP contribution in [-0.4, -0.2) is 16.5 Å². The standard InChI is InChI=1S/C25H30FNO2.ClH/c1-24(2,3)22(28)16-7-9-18-13-27(15-20(18)11-16)14-19-10-8-17(12-21(19)26)23(29)25(4,5)6;/h7-12H,13-15H2,1-6H3;1H. The maximum absolute atomic E-state index is 14.7. The van der Waals surface area contributed by atoms with E-state index in [4.69, 9.17) is 0 Å². The molecule has 0 aromatic heterocycles. The van der Waals surface area contributed by atoms with Crippen molar-refractivity contribution in [1.82, 2.24) is 4.90 Å². The van der Waals surface area contributed by atoms with E-state index in [0.29, 0.717) is 24.2 Å². The lowest BCUT2D eigenvalue weighted by atomic mass is 9.86. The third-order valence-corrected chi connectivity index (χ3v) is 5.33. The van der Waals surface area contributed by atoms with Gasteiger partial charge in [-0.1, -0.05) is 65.8 Å². The largest absolute Gasteiger partial charge is 0.294 e. The van der Waals surface area contributed by atoms with E-state index in [9.17, 15) is 14.0 Å². The average molecular weight is 432 g/mol. The van der Waals surface area contributed by atoms with Crippen LogP contribution in [0.4, 0.5) is 4.39 Å². The highest BCUT2D eigenvalue weighted by molar-refractivity contribution is 6.00. The molecule has 0 N–H and O–H groups in total. The Bertz CT molecular complexity index is 970. The number of Topliss-reactive ketones (excluding diaryl/α,β-unsaturated/α-hetero) is 2. The number of carbonyl (C=O) groups excluding carboxylic acids is 2. The predicted octanol–water partition coefficient (Wildman–Crippen LogP) is 6.22. The summed E-state index contributed by atoms with van der Waals surface area (Å²) in [4.78, 5) is 27.1. The molecule has 0 saturated heterocycles. The van der Waals surface area contributed by atoms with Crippen molar-refractivity contribution >= 4 is 24.0 Å². The summed E-state index contributed by atoms with van der Waals surface area (Å²) < 4.78 is 14.7. The second kappa shape index (κ2) is 8.60. The number of nitrogens with zero attached hydrogens (tertiary/aromatic N) is 1. The van der Waals surface area contributed by atoms with E-state index in [2.05, 4.69) is 4.90 Å². The fourth-order valence-corrected chi connectivity index (χ4v) is 3.64.